The Labute approximate surface area is 92.4 Å². The molecule has 0 bridgehead atoms. The molecule has 0 saturated heterocycles. The Hall–Kier alpha value is -0.570. The third kappa shape index (κ3) is 2.51. The van der Waals surface area contributed by atoms with Gasteiger partial charge in [-0.3, -0.25) is 4.79 Å². The van der Waals surface area contributed by atoms with Crippen molar-refractivity contribution < 1.29 is 9.53 Å². The summed E-state index contributed by atoms with van der Waals surface area (Å²) in [5.74, 6) is 1.60. The lowest BCUT2D eigenvalue weighted by molar-refractivity contribution is -0.149. The molecule has 0 aromatic rings. The van der Waals surface area contributed by atoms with E-state index >= 15 is 0 Å². The summed E-state index contributed by atoms with van der Waals surface area (Å²) in [6.45, 7) is 6.67. The number of rotatable bonds is 2. The molecule has 0 aromatic heterocycles. The van der Waals surface area contributed by atoms with Gasteiger partial charge >= 0.3 is 5.97 Å². The van der Waals surface area contributed by atoms with Crippen LogP contribution in [0.5, 0.6) is 0 Å². The van der Waals surface area contributed by atoms with E-state index in [1.54, 1.807) is 0 Å². The summed E-state index contributed by atoms with van der Waals surface area (Å²) in [6, 6.07) is 0. The van der Waals surface area contributed by atoms with E-state index in [0.717, 1.165) is 19.3 Å². The molecule has 88 valence electrons. The molecule has 0 amide bonds. The maximum Gasteiger partial charge on any atom is 0.325 e. The van der Waals surface area contributed by atoms with Crippen LogP contribution in [0.3, 0.4) is 0 Å². The van der Waals surface area contributed by atoms with Gasteiger partial charge in [-0.2, -0.15) is 0 Å². The summed E-state index contributed by atoms with van der Waals surface area (Å²) in [5, 5.41) is 0. The Kier molecular flexibility index (Phi) is 3.77. The number of hydrogen-bond donors (Lipinski definition) is 1. The van der Waals surface area contributed by atoms with Crippen LogP contribution in [0.15, 0.2) is 0 Å². The molecule has 1 rings (SSSR count). The number of hydrogen-bond acceptors (Lipinski definition) is 3. The molecule has 3 unspecified atom stereocenters. The van der Waals surface area contributed by atoms with Crippen molar-refractivity contribution in [2.75, 3.05) is 7.11 Å². The lowest BCUT2D eigenvalue weighted by Gasteiger charge is -2.40. The van der Waals surface area contributed by atoms with Gasteiger partial charge in [-0.05, 0) is 37.0 Å². The quantitative estimate of drug-likeness (QED) is 0.713. The maximum atomic E-state index is 11.6. The zero-order valence-electron chi connectivity index (χ0n) is 10.2. The molecule has 3 nitrogen and oxygen atoms in total. The molecule has 1 saturated carbocycles. The molecule has 15 heavy (non-hydrogen) atoms. The van der Waals surface area contributed by atoms with Crippen LogP contribution in [0.2, 0.25) is 0 Å². The second kappa shape index (κ2) is 4.52. The van der Waals surface area contributed by atoms with E-state index in [9.17, 15) is 4.79 Å². The average Bonchev–Trinajstić information content (AvgIpc) is 2.15. The van der Waals surface area contributed by atoms with Gasteiger partial charge in [0.15, 0.2) is 0 Å². The van der Waals surface area contributed by atoms with Crippen LogP contribution >= 0.6 is 0 Å². The van der Waals surface area contributed by atoms with Crippen molar-refractivity contribution in [1.82, 2.24) is 0 Å². The molecule has 0 aromatic carbocycles. The van der Waals surface area contributed by atoms with E-state index in [1.165, 1.54) is 7.11 Å². The van der Waals surface area contributed by atoms with Crippen molar-refractivity contribution in [1.29, 1.82) is 0 Å². The van der Waals surface area contributed by atoms with Crippen molar-refractivity contribution in [2.45, 2.75) is 45.6 Å². The van der Waals surface area contributed by atoms with E-state index in [2.05, 4.69) is 20.8 Å². The Bertz CT molecular complexity index is 240. The number of ether oxygens (including phenoxy) is 1. The van der Waals surface area contributed by atoms with Gasteiger partial charge in [0.25, 0.3) is 0 Å². The predicted molar refractivity (Wildman–Crippen MR) is 60.3 cm³/mol. The van der Waals surface area contributed by atoms with Crippen LogP contribution in [0, 0.1) is 17.8 Å². The van der Waals surface area contributed by atoms with Crippen molar-refractivity contribution in [2.24, 2.45) is 23.5 Å². The fraction of sp³-hybridized carbons (Fsp3) is 0.917. The first-order valence-corrected chi connectivity index (χ1v) is 5.78. The van der Waals surface area contributed by atoms with Crippen LogP contribution < -0.4 is 5.73 Å². The van der Waals surface area contributed by atoms with Crippen molar-refractivity contribution >= 4 is 5.97 Å². The molecular weight excluding hydrogens is 190 g/mol. The Morgan fingerprint density at radius 3 is 2.53 bits per heavy atom. The lowest BCUT2D eigenvalue weighted by atomic mass is 9.67. The van der Waals surface area contributed by atoms with E-state index in [4.69, 9.17) is 10.5 Å². The first kappa shape index (κ1) is 12.5. The maximum absolute atomic E-state index is 11.6. The standard InChI is InChI=1S/C12H23NO2/c1-8(2)10-5-6-12(13,7-9(10)3)11(14)15-4/h8-10H,5-7,13H2,1-4H3. The first-order valence-electron chi connectivity index (χ1n) is 5.78. The van der Waals surface area contributed by atoms with Crippen molar-refractivity contribution in [3.8, 4) is 0 Å². The number of carbonyl (C=O) groups excluding carboxylic acids is 1. The van der Waals surface area contributed by atoms with Crippen LogP contribution in [0.1, 0.15) is 40.0 Å². The van der Waals surface area contributed by atoms with Gasteiger partial charge in [-0.1, -0.05) is 20.8 Å². The van der Waals surface area contributed by atoms with Gasteiger partial charge in [0.1, 0.15) is 5.54 Å². The molecule has 1 aliphatic carbocycles. The number of nitrogens with two attached hydrogens (primary N) is 1. The molecule has 1 aliphatic rings. The van der Waals surface area contributed by atoms with Gasteiger partial charge in [0.2, 0.25) is 0 Å². The molecule has 0 spiro atoms. The predicted octanol–water partition coefficient (Wildman–Crippen LogP) is 1.95. The summed E-state index contributed by atoms with van der Waals surface area (Å²) in [7, 11) is 1.41. The zero-order valence-corrected chi connectivity index (χ0v) is 10.2. The summed E-state index contributed by atoms with van der Waals surface area (Å²) < 4.78 is 4.77. The molecule has 1 fully saturated rings. The third-order valence-electron chi connectivity index (χ3n) is 3.79. The molecule has 0 radical (unpaired) electrons. The number of esters is 1. The second-order valence-electron chi connectivity index (χ2n) is 5.28. The highest BCUT2D eigenvalue weighted by Crippen LogP contribution is 2.39. The lowest BCUT2D eigenvalue weighted by Crippen LogP contribution is -2.53. The van der Waals surface area contributed by atoms with Crippen LogP contribution in [-0.2, 0) is 9.53 Å². The van der Waals surface area contributed by atoms with Crippen LogP contribution in [0.25, 0.3) is 0 Å². The SMILES string of the molecule is COC(=O)C1(N)CCC(C(C)C)C(C)C1. The Morgan fingerprint density at radius 2 is 2.13 bits per heavy atom. The normalized spacial score (nSPS) is 36.7. The molecule has 0 aliphatic heterocycles. The minimum absolute atomic E-state index is 0.253. The fourth-order valence-electron chi connectivity index (χ4n) is 2.92. The summed E-state index contributed by atoms with van der Waals surface area (Å²) in [5.41, 5.74) is 5.35. The number of carbonyl (C=O) groups is 1. The summed E-state index contributed by atoms with van der Waals surface area (Å²) in [6.07, 6.45) is 2.54. The molecule has 3 atom stereocenters. The minimum atomic E-state index is -0.737. The van der Waals surface area contributed by atoms with Crippen molar-refractivity contribution in [3.05, 3.63) is 0 Å². The Balaban J connectivity index is 2.68. The highest BCUT2D eigenvalue weighted by Gasteiger charge is 2.43. The van der Waals surface area contributed by atoms with E-state index in [1.807, 2.05) is 0 Å². The average molecular weight is 213 g/mol. The fourth-order valence-corrected chi connectivity index (χ4v) is 2.92. The van der Waals surface area contributed by atoms with Gasteiger partial charge < -0.3 is 10.5 Å². The second-order valence-corrected chi connectivity index (χ2v) is 5.28. The van der Waals surface area contributed by atoms with E-state index in [-0.39, 0.29) is 5.97 Å². The van der Waals surface area contributed by atoms with E-state index < -0.39 is 5.54 Å². The van der Waals surface area contributed by atoms with Gasteiger partial charge in [-0.25, -0.2) is 0 Å². The molecule has 2 N–H and O–H groups in total. The number of methoxy groups -OCH3 is 1. The smallest absolute Gasteiger partial charge is 0.325 e. The summed E-state index contributed by atoms with van der Waals surface area (Å²) >= 11 is 0. The van der Waals surface area contributed by atoms with Crippen LogP contribution in [0.4, 0.5) is 0 Å². The van der Waals surface area contributed by atoms with Gasteiger partial charge in [-0.15, -0.1) is 0 Å². The highest BCUT2D eigenvalue weighted by atomic mass is 16.5. The van der Waals surface area contributed by atoms with Crippen molar-refractivity contribution in [3.63, 3.8) is 0 Å². The van der Waals surface area contributed by atoms with E-state index in [0.29, 0.717) is 17.8 Å². The third-order valence-corrected chi connectivity index (χ3v) is 3.79. The van der Waals surface area contributed by atoms with Gasteiger partial charge in [0, 0.05) is 0 Å². The molecule has 3 heteroatoms. The monoisotopic (exact) mass is 213 g/mol. The first-order chi connectivity index (χ1) is 6.90. The minimum Gasteiger partial charge on any atom is -0.468 e. The largest absolute Gasteiger partial charge is 0.468 e. The Morgan fingerprint density at radius 1 is 1.53 bits per heavy atom. The highest BCUT2D eigenvalue weighted by molar-refractivity contribution is 5.80. The molecule has 0 heterocycles. The zero-order chi connectivity index (χ0) is 11.6. The van der Waals surface area contributed by atoms with Gasteiger partial charge in [0.05, 0.1) is 7.11 Å². The molecular formula is C12H23NO2. The van der Waals surface area contributed by atoms with Crippen LogP contribution in [-0.4, -0.2) is 18.6 Å². The summed E-state index contributed by atoms with van der Waals surface area (Å²) in [4.78, 5) is 11.6. The topological polar surface area (TPSA) is 52.3 Å².